The number of hydrogen-bond donors (Lipinski definition) is 2. The summed E-state index contributed by atoms with van der Waals surface area (Å²) in [4.78, 5) is 17.5. The molecule has 11 nitrogen and oxygen atoms in total. The standard InChI is InChI=1S/C22H22N10O/c1-13(2)31-12-24-28-21(31)17-5-4-6-19(26-17)27-22(33)32-18-8-7-14(9-16(18)20(23)29-32)15-10-25-30(3)11-15/h4-13H,1-3H3,(H2,23,29)(H,26,27,33). The van der Waals surface area contributed by atoms with Gasteiger partial charge in [-0.15, -0.1) is 15.3 Å². The van der Waals surface area contributed by atoms with Gasteiger partial charge in [0.05, 0.1) is 11.7 Å². The number of amides is 1. The number of carbonyl (C=O) groups is 1. The highest BCUT2D eigenvalue weighted by Crippen LogP contribution is 2.28. The molecule has 4 heterocycles. The molecule has 4 aromatic heterocycles. The van der Waals surface area contributed by atoms with Crippen LogP contribution >= 0.6 is 0 Å². The van der Waals surface area contributed by atoms with E-state index in [4.69, 9.17) is 5.73 Å². The fourth-order valence-electron chi connectivity index (χ4n) is 3.64. The number of carbonyl (C=O) groups excluding carboxylic acids is 1. The number of hydrogen-bond acceptors (Lipinski definition) is 7. The number of benzene rings is 1. The summed E-state index contributed by atoms with van der Waals surface area (Å²) in [7, 11) is 1.86. The zero-order valence-electron chi connectivity index (χ0n) is 18.3. The molecule has 0 atom stereocenters. The topological polar surface area (TPSA) is 134 Å². The highest BCUT2D eigenvalue weighted by Gasteiger charge is 2.17. The van der Waals surface area contributed by atoms with Gasteiger partial charge in [-0.3, -0.25) is 10.00 Å². The molecular weight excluding hydrogens is 420 g/mol. The molecule has 166 valence electrons. The Hall–Kier alpha value is -4.54. The number of rotatable bonds is 4. The number of nitrogen functional groups attached to an aromatic ring is 1. The Kier molecular flexibility index (Phi) is 4.85. The molecule has 0 fully saturated rings. The van der Waals surface area contributed by atoms with Crippen LogP contribution in [-0.2, 0) is 7.05 Å². The van der Waals surface area contributed by atoms with Crippen molar-refractivity contribution in [3.8, 4) is 22.6 Å². The maximum atomic E-state index is 13.0. The minimum absolute atomic E-state index is 0.171. The third kappa shape index (κ3) is 3.69. The Morgan fingerprint density at radius 1 is 1.15 bits per heavy atom. The lowest BCUT2D eigenvalue weighted by atomic mass is 10.1. The van der Waals surface area contributed by atoms with Crippen molar-refractivity contribution < 1.29 is 4.79 Å². The van der Waals surface area contributed by atoms with Crippen LogP contribution in [0.15, 0.2) is 55.1 Å². The summed E-state index contributed by atoms with van der Waals surface area (Å²) in [5.41, 5.74) is 9.21. The fourth-order valence-corrected chi connectivity index (χ4v) is 3.64. The molecule has 3 N–H and O–H groups in total. The fraction of sp³-hybridized carbons (Fsp3) is 0.182. The zero-order valence-corrected chi connectivity index (χ0v) is 18.3. The predicted octanol–water partition coefficient (Wildman–Crippen LogP) is 3.33. The van der Waals surface area contributed by atoms with E-state index in [-0.39, 0.29) is 11.9 Å². The lowest BCUT2D eigenvalue weighted by Crippen LogP contribution is -2.21. The van der Waals surface area contributed by atoms with E-state index < -0.39 is 6.03 Å². The highest BCUT2D eigenvalue weighted by molar-refractivity contribution is 6.01. The molecule has 0 radical (unpaired) electrons. The second-order valence-electron chi connectivity index (χ2n) is 7.93. The third-order valence-electron chi connectivity index (χ3n) is 5.28. The molecule has 0 spiro atoms. The molecular formula is C22H22N10O. The largest absolute Gasteiger partial charge is 0.382 e. The van der Waals surface area contributed by atoms with Gasteiger partial charge in [-0.05, 0) is 43.7 Å². The summed E-state index contributed by atoms with van der Waals surface area (Å²) in [5.74, 6) is 1.25. The Bertz CT molecular complexity index is 1480. The maximum absolute atomic E-state index is 13.0. The molecule has 11 heteroatoms. The molecule has 0 unspecified atom stereocenters. The summed E-state index contributed by atoms with van der Waals surface area (Å²) in [6, 6.07) is 10.6. The predicted molar refractivity (Wildman–Crippen MR) is 124 cm³/mol. The number of fused-ring (bicyclic) bond motifs is 1. The van der Waals surface area contributed by atoms with Crippen LogP contribution in [0.3, 0.4) is 0 Å². The molecule has 0 aliphatic rings. The Balaban J connectivity index is 1.44. The van der Waals surface area contributed by atoms with Crippen LogP contribution in [-0.4, -0.2) is 45.3 Å². The lowest BCUT2D eigenvalue weighted by Gasteiger charge is -2.10. The van der Waals surface area contributed by atoms with Crippen molar-refractivity contribution in [1.82, 2.24) is 39.3 Å². The number of nitrogens with zero attached hydrogens (tertiary/aromatic N) is 8. The average molecular weight is 442 g/mol. The smallest absolute Gasteiger partial charge is 0.348 e. The van der Waals surface area contributed by atoms with Gasteiger partial charge in [0.15, 0.2) is 11.6 Å². The van der Waals surface area contributed by atoms with Crippen molar-refractivity contribution in [3.05, 3.63) is 55.1 Å². The van der Waals surface area contributed by atoms with Gasteiger partial charge in [0.2, 0.25) is 0 Å². The first-order valence-corrected chi connectivity index (χ1v) is 10.4. The average Bonchev–Trinajstić information content (AvgIpc) is 3.53. The van der Waals surface area contributed by atoms with E-state index >= 15 is 0 Å². The maximum Gasteiger partial charge on any atom is 0.348 e. The molecule has 5 aromatic rings. The van der Waals surface area contributed by atoms with Crippen LogP contribution in [0.1, 0.15) is 19.9 Å². The van der Waals surface area contributed by atoms with Gasteiger partial charge in [0.25, 0.3) is 0 Å². The molecule has 33 heavy (non-hydrogen) atoms. The Labute approximate surface area is 188 Å². The number of anilines is 2. The van der Waals surface area contributed by atoms with E-state index in [0.29, 0.717) is 28.2 Å². The number of nitrogens with one attached hydrogen (secondary N) is 1. The first-order valence-electron chi connectivity index (χ1n) is 10.4. The van der Waals surface area contributed by atoms with Crippen LogP contribution in [0.5, 0.6) is 0 Å². The van der Waals surface area contributed by atoms with Gasteiger partial charge in [-0.25, -0.2) is 9.78 Å². The number of pyridine rings is 1. The number of aromatic nitrogens is 8. The van der Waals surface area contributed by atoms with Crippen molar-refractivity contribution in [1.29, 1.82) is 0 Å². The van der Waals surface area contributed by atoms with E-state index in [2.05, 4.69) is 30.7 Å². The molecule has 1 amide bonds. The van der Waals surface area contributed by atoms with Gasteiger partial charge >= 0.3 is 6.03 Å². The molecule has 0 bridgehead atoms. The monoisotopic (exact) mass is 442 g/mol. The SMILES string of the molecule is CC(C)n1cnnc1-c1cccc(NC(=O)n2nc(N)c3cc(-c4cnn(C)c4)ccc32)n1. The Morgan fingerprint density at radius 2 is 2.00 bits per heavy atom. The van der Waals surface area contributed by atoms with Gasteiger partial charge in [0.1, 0.15) is 17.8 Å². The summed E-state index contributed by atoms with van der Waals surface area (Å²) >= 11 is 0. The van der Waals surface area contributed by atoms with Gasteiger partial charge in [-0.2, -0.15) is 9.78 Å². The van der Waals surface area contributed by atoms with Crippen molar-refractivity contribution in [2.24, 2.45) is 7.05 Å². The van der Waals surface area contributed by atoms with Crippen LogP contribution in [0.25, 0.3) is 33.5 Å². The van der Waals surface area contributed by atoms with Crippen molar-refractivity contribution in [2.45, 2.75) is 19.9 Å². The van der Waals surface area contributed by atoms with E-state index in [0.717, 1.165) is 11.1 Å². The molecule has 0 aliphatic heterocycles. The third-order valence-corrected chi connectivity index (χ3v) is 5.28. The summed E-state index contributed by atoms with van der Waals surface area (Å²) in [5, 5.41) is 20.1. The van der Waals surface area contributed by atoms with Crippen molar-refractivity contribution in [3.63, 3.8) is 0 Å². The van der Waals surface area contributed by atoms with Gasteiger partial charge in [0, 0.05) is 30.2 Å². The van der Waals surface area contributed by atoms with Crippen LogP contribution < -0.4 is 11.1 Å². The lowest BCUT2D eigenvalue weighted by molar-refractivity contribution is 0.252. The normalized spacial score (nSPS) is 11.4. The Morgan fingerprint density at radius 3 is 2.76 bits per heavy atom. The second-order valence-corrected chi connectivity index (χ2v) is 7.93. The van der Waals surface area contributed by atoms with E-state index in [1.807, 2.05) is 55.9 Å². The quantitative estimate of drug-likeness (QED) is 0.436. The summed E-state index contributed by atoms with van der Waals surface area (Å²) in [6.45, 7) is 4.07. The van der Waals surface area contributed by atoms with Crippen LogP contribution in [0.2, 0.25) is 0 Å². The first-order chi connectivity index (χ1) is 15.9. The van der Waals surface area contributed by atoms with Gasteiger partial charge in [-0.1, -0.05) is 12.1 Å². The number of aryl methyl sites for hydroxylation is 1. The van der Waals surface area contributed by atoms with Crippen molar-refractivity contribution >= 4 is 28.6 Å². The molecule has 1 aromatic carbocycles. The van der Waals surface area contributed by atoms with E-state index in [1.165, 1.54) is 4.68 Å². The van der Waals surface area contributed by atoms with E-state index in [9.17, 15) is 4.79 Å². The van der Waals surface area contributed by atoms with Crippen LogP contribution in [0.4, 0.5) is 16.4 Å². The molecule has 0 aliphatic carbocycles. The highest BCUT2D eigenvalue weighted by atomic mass is 16.2. The number of nitrogens with two attached hydrogens (primary N) is 1. The minimum atomic E-state index is -0.471. The first kappa shape index (κ1) is 20.4. The molecule has 0 saturated heterocycles. The molecule has 5 rings (SSSR count). The summed E-state index contributed by atoms with van der Waals surface area (Å²) < 4.78 is 4.88. The van der Waals surface area contributed by atoms with Crippen LogP contribution in [0, 0.1) is 0 Å². The summed E-state index contributed by atoms with van der Waals surface area (Å²) in [6.07, 6.45) is 5.34. The minimum Gasteiger partial charge on any atom is -0.382 e. The zero-order chi connectivity index (χ0) is 23.1. The van der Waals surface area contributed by atoms with E-state index in [1.54, 1.807) is 29.3 Å². The molecule has 0 saturated carbocycles. The second kappa shape index (κ2) is 7.86. The van der Waals surface area contributed by atoms with Crippen molar-refractivity contribution in [2.75, 3.05) is 11.1 Å². The van der Waals surface area contributed by atoms with Gasteiger partial charge < -0.3 is 10.3 Å².